The lowest BCUT2D eigenvalue weighted by Gasteiger charge is -2.17. The predicted molar refractivity (Wildman–Crippen MR) is 78.2 cm³/mol. The first-order chi connectivity index (χ1) is 8.52. The molecule has 0 fully saturated rings. The lowest BCUT2D eigenvalue weighted by molar-refractivity contribution is 0.447. The van der Waals surface area contributed by atoms with Crippen LogP contribution in [-0.2, 0) is 0 Å². The van der Waals surface area contributed by atoms with E-state index in [1.165, 1.54) is 11.1 Å². The Labute approximate surface area is 120 Å². The Balaban J connectivity index is 2.48. The van der Waals surface area contributed by atoms with Gasteiger partial charge in [0.1, 0.15) is 5.76 Å². The van der Waals surface area contributed by atoms with E-state index in [1.807, 2.05) is 25.2 Å². The van der Waals surface area contributed by atoms with Gasteiger partial charge in [-0.3, -0.25) is 0 Å². The van der Waals surface area contributed by atoms with Gasteiger partial charge in [0.15, 0.2) is 4.67 Å². The summed E-state index contributed by atoms with van der Waals surface area (Å²) in [6.45, 7) is 4.14. The molecule has 0 amide bonds. The molecule has 1 atom stereocenters. The number of rotatable bonds is 3. The summed E-state index contributed by atoms with van der Waals surface area (Å²) in [5.41, 5.74) is 3.45. The summed E-state index contributed by atoms with van der Waals surface area (Å²) in [7, 11) is 1.90. The lowest BCUT2D eigenvalue weighted by Crippen LogP contribution is -2.17. The van der Waals surface area contributed by atoms with Gasteiger partial charge in [0.05, 0.1) is 6.04 Å². The Morgan fingerprint density at radius 2 is 1.89 bits per heavy atom. The third-order valence-corrected chi connectivity index (χ3v) is 3.84. The number of furan rings is 1. The smallest absolute Gasteiger partial charge is 0.169 e. The van der Waals surface area contributed by atoms with Crippen LogP contribution in [0.1, 0.15) is 28.5 Å². The number of hydrogen-bond acceptors (Lipinski definition) is 2. The van der Waals surface area contributed by atoms with E-state index >= 15 is 0 Å². The quantitative estimate of drug-likeness (QED) is 0.889. The number of hydrogen-bond donors (Lipinski definition) is 1. The van der Waals surface area contributed by atoms with Gasteiger partial charge < -0.3 is 9.73 Å². The number of benzene rings is 1. The zero-order chi connectivity index (χ0) is 13.3. The normalized spacial score (nSPS) is 12.7. The second-order valence-corrected chi connectivity index (χ2v) is 5.51. The first kappa shape index (κ1) is 13.7. The molecule has 0 saturated heterocycles. The van der Waals surface area contributed by atoms with Crippen molar-refractivity contribution >= 4 is 27.5 Å². The fraction of sp³-hybridized carbons (Fsp3) is 0.286. The fourth-order valence-corrected chi connectivity index (χ4v) is 2.61. The van der Waals surface area contributed by atoms with Gasteiger partial charge in [0, 0.05) is 5.02 Å². The Kier molecular flexibility index (Phi) is 4.15. The maximum absolute atomic E-state index is 6.34. The zero-order valence-corrected chi connectivity index (χ0v) is 12.9. The molecule has 1 heterocycles. The van der Waals surface area contributed by atoms with Crippen LogP contribution < -0.4 is 5.32 Å². The van der Waals surface area contributed by atoms with Crippen LogP contribution in [0.25, 0.3) is 0 Å². The van der Waals surface area contributed by atoms with E-state index in [1.54, 1.807) is 0 Å². The molecule has 4 heteroatoms. The minimum absolute atomic E-state index is 0.0388. The second kappa shape index (κ2) is 5.47. The molecule has 1 aromatic heterocycles. The van der Waals surface area contributed by atoms with Crippen LogP contribution in [-0.4, -0.2) is 7.05 Å². The van der Waals surface area contributed by atoms with E-state index in [0.29, 0.717) is 0 Å². The van der Waals surface area contributed by atoms with Gasteiger partial charge in [-0.1, -0.05) is 17.7 Å². The Hall–Kier alpha value is -0.770. The molecule has 2 nitrogen and oxygen atoms in total. The molecule has 0 aliphatic carbocycles. The summed E-state index contributed by atoms with van der Waals surface area (Å²) in [4.78, 5) is 0. The first-order valence-electron chi connectivity index (χ1n) is 5.72. The van der Waals surface area contributed by atoms with Gasteiger partial charge in [0.25, 0.3) is 0 Å². The molecular weight excluding hydrogens is 314 g/mol. The van der Waals surface area contributed by atoms with Crippen LogP contribution in [0, 0.1) is 13.8 Å². The molecule has 0 saturated carbocycles. The van der Waals surface area contributed by atoms with Crippen LogP contribution in [0.15, 0.2) is 33.4 Å². The van der Waals surface area contributed by atoms with E-state index in [-0.39, 0.29) is 6.04 Å². The molecule has 18 heavy (non-hydrogen) atoms. The molecule has 1 unspecified atom stereocenters. The van der Waals surface area contributed by atoms with Crippen molar-refractivity contribution in [2.45, 2.75) is 19.9 Å². The number of aryl methyl sites for hydroxylation is 2. The van der Waals surface area contributed by atoms with E-state index in [0.717, 1.165) is 21.0 Å². The summed E-state index contributed by atoms with van der Waals surface area (Å²) in [6.07, 6.45) is 0. The van der Waals surface area contributed by atoms with Crippen molar-refractivity contribution in [3.05, 3.63) is 56.4 Å². The van der Waals surface area contributed by atoms with Crippen molar-refractivity contribution in [1.82, 2.24) is 5.32 Å². The third-order valence-electron chi connectivity index (χ3n) is 3.09. The van der Waals surface area contributed by atoms with Gasteiger partial charge in [-0.25, -0.2) is 0 Å². The maximum Gasteiger partial charge on any atom is 0.169 e. The van der Waals surface area contributed by atoms with E-state index in [4.69, 9.17) is 16.0 Å². The van der Waals surface area contributed by atoms with Crippen LogP contribution in [0.5, 0.6) is 0 Å². The maximum atomic E-state index is 6.34. The van der Waals surface area contributed by atoms with Gasteiger partial charge in [0.2, 0.25) is 0 Å². The van der Waals surface area contributed by atoms with Crippen LogP contribution in [0.3, 0.4) is 0 Å². The van der Waals surface area contributed by atoms with Crippen molar-refractivity contribution in [2.75, 3.05) is 7.05 Å². The molecule has 1 N–H and O–H groups in total. The van der Waals surface area contributed by atoms with Crippen LogP contribution >= 0.6 is 27.5 Å². The van der Waals surface area contributed by atoms with Gasteiger partial charge in [-0.15, -0.1) is 0 Å². The third kappa shape index (κ3) is 2.63. The van der Waals surface area contributed by atoms with Gasteiger partial charge in [-0.05, 0) is 71.7 Å². The summed E-state index contributed by atoms with van der Waals surface area (Å²) in [6, 6.07) is 7.89. The van der Waals surface area contributed by atoms with Crippen molar-refractivity contribution in [1.29, 1.82) is 0 Å². The average molecular weight is 329 g/mol. The highest BCUT2D eigenvalue weighted by molar-refractivity contribution is 9.10. The minimum atomic E-state index is -0.0388. The Bertz CT molecular complexity index is 565. The van der Waals surface area contributed by atoms with E-state index in [2.05, 4.69) is 41.2 Å². The van der Waals surface area contributed by atoms with Crippen molar-refractivity contribution in [3.8, 4) is 0 Å². The molecule has 2 aromatic rings. The summed E-state index contributed by atoms with van der Waals surface area (Å²) >= 11 is 9.66. The molecule has 0 bridgehead atoms. The fourth-order valence-electron chi connectivity index (χ4n) is 1.96. The van der Waals surface area contributed by atoms with Crippen LogP contribution in [0.2, 0.25) is 5.02 Å². The largest absolute Gasteiger partial charge is 0.452 e. The van der Waals surface area contributed by atoms with Gasteiger partial charge in [-0.2, -0.15) is 0 Å². The summed E-state index contributed by atoms with van der Waals surface area (Å²) < 4.78 is 6.33. The summed E-state index contributed by atoms with van der Waals surface area (Å²) in [5, 5.41) is 3.99. The summed E-state index contributed by atoms with van der Waals surface area (Å²) in [5.74, 6) is 0.842. The van der Waals surface area contributed by atoms with Crippen molar-refractivity contribution < 1.29 is 4.42 Å². The highest BCUT2D eigenvalue weighted by Gasteiger charge is 2.19. The monoisotopic (exact) mass is 327 g/mol. The van der Waals surface area contributed by atoms with Crippen LogP contribution in [0.4, 0.5) is 0 Å². The molecule has 2 rings (SSSR count). The zero-order valence-electron chi connectivity index (χ0n) is 10.6. The topological polar surface area (TPSA) is 25.2 Å². The Morgan fingerprint density at radius 3 is 2.44 bits per heavy atom. The lowest BCUT2D eigenvalue weighted by atomic mass is 9.99. The molecule has 0 radical (unpaired) electrons. The number of nitrogens with one attached hydrogen (secondary N) is 1. The standard InChI is InChI=1S/C14H15BrClNO/c1-8-6-10(11(16)7-9(8)2)14(17-3)12-4-5-13(15)18-12/h4-7,14,17H,1-3H3. The molecule has 1 aromatic carbocycles. The molecule has 0 spiro atoms. The predicted octanol–water partition coefficient (Wildman–Crippen LogP) is 4.62. The highest BCUT2D eigenvalue weighted by Crippen LogP contribution is 2.32. The second-order valence-electron chi connectivity index (χ2n) is 4.32. The minimum Gasteiger partial charge on any atom is -0.452 e. The Morgan fingerprint density at radius 1 is 1.22 bits per heavy atom. The van der Waals surface area contributed by atoms with Crippen molar-refractivity contribution in [3.63, 3.8) is 0 Å². The number of halogens is 2. The van der Waals surface area contributed by atoms with Crippen molar-refractivity contribution in [2.24, 2.45) is 0 Å². The molecular formula is C14H15BrClNO. The van der Waals surface area contributed by atoms with E-state index in [9.17, 15) is 0 Å². The SMILES string of the molecule is CNC(c1ccc(Br)o1)c1cc(C)c(C)cc1Cl. The molecule has 96 valence electrons. The highest BCUT2D eigenvalue weighted by atomic mass is 79.9. The molecule has 0 aliphatic rings. The molecule has 0 aliphatic heterocycles. The van der Waals surface area contributed by atoms with Gasteiger partial charge >= 0.3 is 0 Å². The first-order valence-corrected chi connectivity index (χ1v) is 6.89. The average Bonchev–Trinajstić information content (AvgIpc) is 2.73. The van der Waals surface area contributed by atoms with E-state index < -0.39 is 0 Å².